The summed E-state index contributed by atoms with van der Waals surface area (Å²) in [6.07, 6.45) is 3.04. The molecule has 1 fully saturated rings. The highest BCUT2D eigenvalue weighted by Crippen LogP contribution is 2.23. The highest BCUT2D eigenvalue weighted by molar-refractivity contribution is 7.13. The fraction of sp³-hybridized carbons (Fsp3) is 0.417. The standard InChI is InChI=1S/C24H28N2O3S2/c1-17-8-9-23(31-17)24(27)26(15-21-7-4-11-28-21)14-19-5-3-6-20(13-19)29-12-10-22-18(2)25-16-30-22/h3,5-6,8-9,13,16,21H,4,7,10-12,14-15H2,1-2H3. The highest BCUT2D eigenvalue weighted by atomic mass is 32.1. The molecule has 1 aliphatic heterocycles. The van der Waals surface area contributed by atoms with Gasteiger partial charge >= 0.3 is 0 Å². The van der Waals surface area contributed by atoms with Gasteiger partial charge in [0.2, 0.25) is 0 Å². The zero-order chi connectivity index (χ0) is 21.6. The third-order valence-corrected chi connectivity index (χ3v) is 7.38. The Kier molecular flexibility index (Phi) is 7.37. The summed E-state index contributed by atoms with van der Waals surface area (Å²) in [7, 11) is 0. The summed E-state index contributed by atoms with van der Waals surface area (Å²) in [5.74, 6) is 0.900. The van der Waals surface area contributed by atoms with E-state index in [1.54, 1.807) is 22.7 Å². The van der Waals surface area contributed by atoms with Gasteiger partial charge in [0, 0.05) is 35.9 Å². The minimum atomic E-state index is 0.0700. The van der Waals surface area contributed by atoms with Crippen LogP contribution in [0.2, 0.25) is 0 Å². The number of carbonyl (C=O) groups is 1. The Morgan fingerprint density at radius 2 is 2.19 bits per heavy atom. The quantitative estimate of drug-likeness (QED) is 0.440. The predicted molar refractivity (Wildman–Crippen MR) is 125 cm³/mol. The van der Waals surface area contributed by atoms with Gasteiger partial charge in [-0.1, -0.05) is 12.1 Å². The molecule has 31 heavy (non-hydrogen) atoms. The largest absolute Gasteiger partial charge is 0.493 e. The monoisotopic (exact) mass is 456 g/mol. The van der Waals surface area contributed by atoms with E-state index in [0.717, 1.165) is 52.6 Å². The van der Waals surface area contributed by atoms with Crippen LogP contribution in [0.3, 0.4) is 0 Å². The molecule has 0 spiro atoms. The van der Waals surface area contributed by atoms with Gasteiger partial charge in [-0.15, -0.1) is 22.7 Å². The molecular weight excluding hydrogens is 428 g/mol. The van der Waals surface area contributed by atoms with Crippen LogP contribution < -0.4 is 4.74 Å². The summed E-state index contributed by atoms with van der Waals surface area (Å²) in [5, 5.41) is 0. The zero-order valence-corrected chi connectivity index (χ0v) is 19.6. The summed E-state index contributed by atoms with van der Waals surface area (Å²) >= 11 is 3.21. The number of benzene rings is 1. The molecule has 1 unspecified atom stereocenters. The first kappa shape index (κ1) is 22.0. The first-order chi connectivity index (χ1) is 15.1. The maximum Gasteiger partial charge on any atom is 0.264 e. The molecule has 0 bridgehead atoms. The molecule has 4 rings (SSSR count). The van der Waals surface area contributed by atoms with E-state index in [1.165, 1.54) is 4.88 Å². The molecular formula is C24H28N2O3S2. The van der Waals surface area contributed by atoms with Crippen molar-refractivity contribution in [1.29, 1.82) is 0 Å². The maximum absolute atomic E-state index is 13.2. The van der Waals surface area contributed by atoms with Crippen LogP contribution in [0.4, 0.5) is 0 Å². The minimum absolute atomic E-state index is 0.0700. The first-order valence-electron chi connectivity index (χ1n) is 10.7. The van der Waals surface area contributed by atoms with Crippen molar-refractivity contribution in [3.63, 3.8) is 0 Å². The number of rotatable bonds is 9. The topological polar surface area (TPSA) is 51.7 Å². The number of hydrogen-bond donors (Lipinski definition) is 0. The van der Waals surface area contributed by atoms with Crippen LogP contribution in [0.1, 0.15) is 43.5 Å². The molecule has 0 radical (unpaired) electrons. The zero-order valence-electron chi connectivity index (χ0n) is 18.0. The smallest absolute Gasteiger partial charge is 0.264 e. The number of thiophene rings is 1. The number of hydrogen-bond acceptors (Lipinski definition) is 6. The number of carbonyl (C=O) groups excluding carboxylic acids is 1. The Morgan fingerprint density at radius 3 is 2.90 bits per heavy atom. The van der Waals surface area contributed by atoms with Crippen molar-refractivity contribution in [3.05, 3.63) is 67.8 Å². The molecule has 164 valence electrons. The molecule has 0 saturated carbocycles. The number of thiazole rings is 1. The van der Waals surface area contributed by atoms with Crippen molar-refractivity contribution in [1.82, 2.24) is 9.88 Å². The van der Waals surface area contributed by atoms with Crippen LogP contribution in [-0.2, 0) is 17.7 Å². The van der Waals surface area contributed by atoms with Crippen molar-refractivity contribution < 1.29 is 14.3 Å². The van der Waals surface area contributed by atoms with Crippen molar-refractivity contribution in [2.75, 3.05) is 19.8 Å². The van der Waals surface area contributed by atoms with Crippen LogP contribution in [-0.4, -0.2) is 41.7 Å². The molecule has 3 heterocycles. The molecule has 2 aromatic heterocycles. The molecule has 7 heteroatoms. The molecule has 0 aliphatic carbocycles. The van der Waals surface area contributed by atoms with Gasteiger partial charge in [-0.25, -0.2) is 4.98 Å². The highest BCUT2D eigenvalue weighted by Gasteiger charge is 2.24. The van der Waals surface area contributed by atoms with E-state index >= 15 is 0 Å². The van der Waals surface area contributed by atoms with Crippen molar-refractivity contribution in [3.8, 4) is 5.75 Å². The van der Waals surface area contributed by atoms with Gasteiger partial charge < -0.3 is 14.4 Å². The Balaban J connectivity index is 1.42. The minimum Gasteiger partial charge on any atom is -0.493 e. The van der Waals surface area contributed by atoms with Crippen LogP contribution in [0.25, 0.3) is 0 Å². The second-order valence-electron chi connectivity index (χ2n) is 7.84. The van der Waals surface area contributed by atoms with E-state index in [0.29, 0.717) is 19.7 Å². The summed E-state index contributed by atoms with van der Waals surface area (Å²) in [4.78, 5) is 22.6. The molecule has 1 atom stereocenters. The van der Waals surface area contributed by atoms with Gasteiger partial charge in [-0.3, -0.25) is 4.79 Å². The van der Waals surface area contributed by atoms with Crippen molar-refractivity contribution in [2.45, 2.75) is 45.8 Å². The number of nitrogens with zero attached hydrogens (tertiary/aromatic N) is 2. The number of aryl methyl sites for hydroxylation is 2. The molecule has 1 aliphatic rings. The molecule has 1 amide bonds. The molecule has 1 aromatic carbocycles. The van der Waals surface area contributed by atoms with Crippen LogP contribution in [0.5, 0.6) is 5.75 Å². The lowest BCUT2D eigenvalue weighted by Crippen LogP contribution is -2.36. The van der Waals surface area contributed by atoms with Crippen LogP contribution in [0, 0.1) is 13.8 Å². The van der Waals surface area contributed by atoms with Crippen LogP contribution >= 0.6 is 22.7 Å². The summed E-state index contributed by atoms with van der Waals surface area (Å²) < 4.78 is 11.8. The van der Waals surface area contributed by atoms with E-state index < -0.39 is 0 Å². The molecule has 3 aromatic rings. The van der Waals surface area contributed by atoms with Crippen molar-refractivity contribution in [2.24, 2.45) is 0 Å². The van der Waals surface area contributed by atoms with E-state index in [4.69, 9.17) is 9.47 Å². The number of ether oxygens (including phenoxy) is 2. The van der Waals surface area contributed by atoms with Gasteiger partial charge in [-0.2, -0.15) is 0 Å². The first-order valence-corrected chi connectivity index (χ1v) is 12.4. The molecule has 1 saturated heterocycles. The number of aromatic nitrogens is 1. The lowest BCUT2D eigenvalue weighted by atomic mass is 10.1. The van der Waals surface area contributed by atoms with Gasteiger partial charge in [-0.05, 0) is 56.5 Å². The van der Waals surface area contributed by atoms with Gasteiger partial charge in [0.15, 0.2) is 0 Å². The van der Waals surface area contributed by atoms with Gasteiger partial charge in [0.25, 0.3) is 5.91 Å². The Labute approximate surface area is 191 Å². The lowest BCUT2D eigenvalue weighted by molar-refractivity contribution is 0.0510. The van der Waals surface area contributed by atoms with E-state index in [1.807, 2.05) is 54.6 Å². The second-order valence-corrected chi connectivity index (χ2v) is 10.1. The normalized spacial score (nSPS) is 15.9. The third kappa shape index (κ3) is 5.93. The second kappa shape index (κ2) is 10.4. The lowest BCUT2D eigenvalue weighted by Gasteiger charge is -2.25. The average molecular weight is 457 g/mol. The van der Waals surface area contributed by atoms with E-state index in [-0.39, 0.29) is 12.0 Å². The SMILES string of the molecule is Cc1ccc(C(=O)N(Cc2cccc(OCCc3scnc3C)c2)CC2CCCO2)s1. The fourth-order valence-corrected chi connectivity index (χ4v) is 5.34. The summed E-state index contributed by atoms with van der Waals surface area (Å²) in [5.41, 5.74) is 4.01. The Hall–Kier alpha value is -2.22. The fourth-order valence-electron chi connectivity index (χ4n) is 3.74. The van der Waals surface area contributed by atoms with Gasteiger partial charge in [0.1, 0.15) is 5.75 Å². The molecule has 0 N–H and O–H groups in total. The summed E-state index contributed by atoms with van der Waals surface area (Å²) in [6.45, 7) is 6.61. The van der Waals surface area contributed by atoms with E-state index in [9.17, 15) is 4.79 Å². The molecule has 5 nitrogen and oxygen atoms in total. The average Bonchev–Trinajstić information content (AvgIpc) is 3.51. The predicted octanol–water partition coefficient (Wildman–Crippen LogP) is 5.26. The van der Waals surface area contributed by atoms with Gasteiger partial charge in [0.05, 0.1) is 28.8 Å². The Morgan fingerprint density at radius 1 is 1.29 bits per heavy atom. The van der Waals surface area contributed by atoms with E-state index in [2.05, 4.69) is 11.1 Å². The Bertz CT molecular complexity index is 1010. The third-order valence-electron chi connectivity index (χ3n) is 5.40. The van der Waals surface area contributed by atoms with Crippen LogP contribution in [0.15, 0.2) is 41.9 Å². The maximum atomic E-state index is 13.2. The summed E-state index contributed by atoms with van der Waals surface area (Å²) in [6, 6.07) is 12.0. The van der Waals surface area contributed by atoms with Crippen molar-refractivity contribution >= 4 is 28.6 Å². The number of amides is 1.